The molecule has 1 atom stereocenters. The van der Waals surface area contributed by atoms with E-state index < -0.39 is 0 Å². The lowest BCUT2D eigenvalue weighted by atomic mass is 10.1. The molecule has 1 aromatic heterocycles. The summed E-state index contributed by atoms with van der Waals surface area (Å²) in [6.07, 6.45) is 1.97. The Hall–Kier alpha value is -1.72. The zero-order chi connectivity index (χ0) is 14.1. The molecule has 0 amide bonds. The lowest BCUT2D eigenvalue weighted by Crippen LogP contribution is -2.09. The van der Waals surface area contributed by atoms with Gasteiger partial charge in [-0.15, -0.1) is 5.10 Å². The van der Waals surface area contributed by atoms with Gasteiger partial charge in [-0.1, -0.05) is 11.3 Å². The van der Waals surface area contributed by atoms with Crippen LogP contribution in [-0.2, 0) is 11.3 Å². The maximum Gasteiger partial charge on any atom is 0.114 e. The molecule has 106 valence electrons. The van der Waals surface area contributed by atoms with Gasteiger partial charge < -0.3 is 9.84 Å². The number of ether oxygens (including phenoxy) is 1. The lowest BCUT2D eigenvalue weighted by Gasteiger charge is -2.14. The predicted octanol–water partition coefficient (Wildman–Crippen LogP) is 2.23. The molecule has 1 aliphatic rings. The first-order valence-electron chi connectivity index (χ1n) is 6.95. The minimum atomic E-state index is -0.111. The molecule has 0 saturated carbocycles. The van der Waals surface area contributed by atoms with Crippen molar-refractivity contribution in [3.05, 3.63) is 40.7 Å². The van der Waals surface area contributed by atoms with Gasteiger partial charge in [-0.2, -0.15) is 0 Å². The van der Waals surface area contributed by atoms with E-state index in [9.17, 15) is 5.11 Å². The molecule has 2 aromatic rings. The summed E-state index contributed by atoms with van der Waals surface area (Å²) < 4.78 is 7.54. The molecule has 5 nitrogen and oxygen atoms in total. The van der Waals surface area contributed by atoms with E-state index in [-0.39, 0.29) is 12.7 Å². The number of aliphatic hydroxyl groups excluding tert-OH is 1. The van der Waals surface area contributed by atoms with Crippen LogP contribution in [0, 0.1) is 13.8 Å². The number of aliphatic hydroxyl groups is 1. The summed E-state index contributed by atoms with van der Waals surface area (Å²) in [4.78, 5) is 0. The standard InChI is InChI=1S/C15H19N3O2/c1-10-5-6-12(8-11(10)2)18-15(13(9-19)16-17-18)14-4-3-7-20-14/h5-6,8,14,19H,3-4,7,9H2,1-2H3. The van der Waals surface area contributed by atoms with Crippen LogP contribution in [-0.4, -0.2) is 26.7 Å². The molecule has 1 aliphatic heterocycles. The number of aromatic nitrogens is 3. The summed E-state index contributed by atoms with van der Waals surface area (Å²) in [7, 11) is 0. The van der Waals surface area contributed by atoms with Crippen LogP contribution in [0.1, 0.15) is 41.5 Å². The van der Waals surface area contributed by atoms with E-state index in [0.717, 1.165) is 30.8 Å². The van der Waals surface area contributed by atoms with E-state index in [1.54, 1.807) is 4.68 Å². The topological polar surface area (TPSA) is 60.2 Å². The molecule has 0 spiro atoms. The molecular weight excluding hydrogens is 254 g/mol. The Kier molecular flexibility index (Phi) is 3.54. The summed E-state index contributed by atoms with van der Waals surface area (Å²) in [6.45, 7) is 4.81. The third-order valence-corrected chi connectivity index (χ3v) is 3.90. The van der Waals surface area contributed by atoms with Crippen molar-refractivity contribution >= 4 is 0 Å². The second-order valence-corrected chi connectivity index (χ2v) is 5.26. The number of benzene rings is 1. The highest BCUT2D eigenvalue weighted by Gasteiger charge is 2.26. The Morgan fingerprint density at radius 1 is 1.35 bits per heavy atom. The van der Waals surface area contributed by atoms with Crippen molar-refractivity contribution in [3.8, 4) is 5.69 Å². The summed E-state index contributed by atoms with van der Waals surface area (Å²) in [5, 5.41) is 17.8. The molecule has 0 radical (unpaired) electrons. The average molecular weight is 273 g/mol. The number of rotatable bonds is 3. The van der Waals surface area contributed by atoms with E-state index in [4.69, 9.17) is 4.74 Å². The zero-order valence-electron chi connectivity index (χ0n) is 11.8. The molecule has 1 aromatic carbocycles. The van der Waals surface area contributed by atoms with Gasteiger partial charge in [0, 0.05) is 6.61 Å². The Labute approximate surface area is 118 Å². The van der Waals surface area contributed by atoms with Crippen molar-refractivity contribution in [2.24, 2.45) is 0 Å². The zero-order valence-corrected chi connectivity index (χ0v) is 11.8. The Morgan fingerprint density at radius 3 is 2.85 bits per heavy atom. The van der Waals surface area contributed by atoms with E-state index in [2.05, 4.69) is 36.3 Å². The Balaban J connectivity index is 2.08. The van der Waals surface area contributed by atoms with Crippen molar-refractivity contribution in [3.63, 3.8) is 0 Å². The molecule has 1 fully saturated rings. The highest BCUT2D eigenvalue weighted by molar-refractivity contribution is 5.40. The molecule has 1 N–H and O–H groups in total. The first kappa shape index (κ1) is 13.3. The maximum absolute atomic E-state index is 9.47. The third kappa shape index (κ3) is 2.23. The van der Waals surface area contributed by atoms with Crippen LogP contribution >= 0.6 is 0 Å². The lowest BCUT2D eigenvalue weighted by molar-refractivity contribution is 0.104. The van der Waals surface area contributed by atoms with Gasteiger partial charge in [-0.05, 0) is 49.9 Å². The second-order valence-electron chi connectivity index (χ2n) is 5.26. The van der Waals surface area contributed by atoms with E-state index >= 15 is 0 Å². The van der Waals surface area contributed by atoms with Gasteiger partial charge in [0.05, 0.1) is 18.0 Å². The predicted molar refractivity (Wildman–Crippen MR) is 74.7 cm³/mol. The van der Waals surface area contributed by atoms with Crippen LogP contribution < -0.4 is 0 Å². The van der Waals surface area contributed by atoms with Gasteiger partial charge in [0.25, 0.3) is 0 Å². The largest absolute Gasteiger partial charge is 0.390 e. The van der Waals surface area contributed by atoms with Crippen LogP contribution in [0.2, 0.25) is 0 Å². The number of hydrogen-bond donors (Lipinski definition) is 1. The van der Waals surface area contributed by atoms with Gasteiger partial charge in [-0.25, -0.2) is 4.68 Å². The molecule has 2 heterocycles. The fraction of sp³-hybridized carbons (Fsp3) is 0.467. The van der Waals surface area contributed by atoms with Gasteiger partial charge in [0.1, 0.15) is 11.8 Å². The maximum atomic E-state index is 9.47. The Bertz CT molecular complexity index is 616. The molecule has 1 saturated heterocycles. The van der Waals surface area contributed by atoms with E-state index in [1.165, 1.54) is 11.1 Å². The summed E-state index contributed by atoms with van der Waals surface area (Å²) in [5.74, 6) is 0. The van der Waals surface area contributed by atoms with Crippen molar-refractivity contribution in [1.82, 2.24) is 15.0 Å². The average Bonchev–Trinajstić information content (AvgIpc) is 3.09. The fourth-order valence-corrected chi connectivity index (χ4v) is 2.60. The van der Waals surface area contributed by atoms with Crippen molar-refractivity contribution in [1.29, 1.82) is 0 Å². The number of hydrogen-bond acceptors (Lipinski definition) is 4. The summed E-state index contributed by atoms with van der Waals surface area (Å²) in [6, 6.07) is 6.19. The third-order valence-electron chi connectivity index (χ3n) is 3.90. The quantitative estimate of drug-likeness (QED) is 0.931. The van der Waals surface area contributed by atoms with Crippen molar-refractivity contribution in [2.45, 2.75) is 39.4 Å². The second kappa shape index (κ2) is 5.34. The van der Waals surface area contributed by atoms with Crippen LogP contribution in [0.3, 0.4) is 0 Å². The van der Waals surface area contributed by atoms with Crippen LogP contribution in [0.5, 0.6) is 0 Å². The highest BCUT2D eigenvalue weighted by atomic mass is 16.5. The van der Waals surface area contributed by atoms with Crippen molar-refractivity contribution < 1.29 is 9.84 Å². The Morgan fingerprint density at radius 2 is 2.20 bits per heavy atom. The minimum absolute atomic E-state index is 0.0197. The van der Waals surface area contributed by atoms with Crippen LogP contribution in [0.15, 0.2) is 18.2 Å². The fourth-order valence-electron chi connectivity index (χ4n) is 2.60. The molecule has 0 aliphatic carbocycles. The number of aryl methyl sites for hydroxylation is 2. The van der Waals surface area contributed by atoms with E-state index in [0.29, 0.717) is 5.69 Å². The first-order chi connectivity index (χ1) is 9.70. The van der Waals surface area contributed by atoms with Crippen LogP contribution in [0.4, 0.5) is 0 Å². The minimum Gasteiger partial charge on any atom is -0.390 e. The molecule has 1 unspecified atom stereocenters. The molecular formula is C15H19N3O2. The first-order valence-corrected chi connectivity index (χ1v) is 6.95. The normalized spacial score (nSPS) is 18.6. The molecule has 3 rings (SSSR count). The SMILES string of the molecule is Cc1ccc(-n2nnc(CO)c2C2CCCO2)cc1C. The number of nitrogens with zero attached hydrogens (tertiary/aromatic N) is 3. The van der Waals surface area contributed by atoms with Gasteiger partial charge >= 0.3 is 0 Å². The highest BCUT2D eigenvalue weighted by Crippen LogP contribution is 2.31. The van der Waals surface area contributed by atoms with Gasteiger partial charge in [-0.3, -0.25) is 0 Å². The summed E-state index contributed by atoms with van der Waals surface area (Å²) >= 11 is 0. The molecule has 5 heteroatoms. The van der Waals surface area contributed by atoms with E-state index in [1.807, 2.05) is 6.07 Å². The van der Waals surface area contributed by atoms with Crippen molar-refractivity contribution in [2.75, 3.05) is 6.61 Å². The molecule has 0 bridgehead atoms. The smallest absolute Gasteiger partial charge is 0.114 e. The summed E-state index contributed by atoms with van der Waals surface area (Å²) in [5.41, 5.74) is 4.91. The van der Waals surface area contributed by atoms with Gasteiger partial charge in [0.15, 0.2) is 0 Å². The molecule has 20 heavy (non-hydrogen) atoms. The van der Waals surface area contributed by atoms with Crippen LogP contribution in [0.25, 0.3) is 5.69 Å². The monoisotopic (exact) mass is 273 g/mol. The van der Waals surface area contributed by atoms with Gasteiger partial charge in [0.2, 0.25) is 0 Å².